The molecule has 3 amide bonds. The normalized spacial score (nSPS) is 22.9. The lowest BCUT2D eigenvalue weighted by molar-refractivity contribution is -0.136. The van der Waals surface area contributed by atoms with E-state index >= 15 is 0 Å². The van der Waals surface area contributed by atoms with Crippen LogP contribution in [-0.2, 0) is 28.1 Å². The maximum atomic E-state index is 13.2. The van der Waals surface area contributed by atoms with Gasteiger partial charge in [0.25, 0.3) is 5.91 Å². The Kier molecular flexibility index (Phi) is 4.98. The Hall–Kier alpha value is -3.65. The number of nitrogens with one attached hydrogen (secondary N) is 2. The fraction of sp³-hybridized carbons (Fsp3) is 0.414. The molecular weight excluding hydrogens is 468 g/mol. The Morgan fingerprint density at radius 2 is 1.97 bits per heavy atom. The molecule has 3 aromatic rings. The molecule has 0 aliphatic carbocycles. The maximum Gasteiger partial charge on any atom is 0.255 e. The van der Waals surface area contributed by atoms with Gasteiger partial charge in [-0.1, -0.05) is 12.1 Å². The number of hydrogen-bond donors (Lipinski definition) is 2. The van der Waals surface area contributed by atoms with Gasteiger partial charge in [0.2, 0.25) is 11.8 Å². The summed E-state index contributed by atoms with van der Waals surface area (Å²) in [4.78, 5) is 44.7. The number of hydrogen-bond acceptors (Lipinski definition) is 5. The van der Waals surface area contributed by atoms with E-state index in [1.165, 1.54) is 27.6 Å². The molecule has 1 atom stereocenters. The summed E-state index contributed by atoms with van der Waals surface area (Å²) in [5.74, 6) is 0.000772. The molecule has 4 aliphatic heterocycles. The second-order valence-corrected chi connectivity index (χ2v) is 11.1. The predicted molar refractivity (Wildman–Crippen MR) is 137 cm³/mol. The summed E-state index contributed by atoms with van der Waals surface area (Å²) < 4.78 is 6.18. The molecule has 8 heteroatoms. The van der Waals surface area contributed by atoms with Crippen LogP contribution >= 0.6 is 0 Å². The molecule has 1 unspecified atom stereocenters. The number of imide groups is 1. The minimum atomic E-state index is -0.598. The topological polar surface area (TPSA) is 94.7 Å². The van der Waals surface area contributed by atoms with E-state index < -0.39 is 6.04 Å². The monoisotopic (exact) mass is 498 g/mol. The predicted octanol–water partition coefficient (Wildman–Crippen LogP) is 3.16. The number of fused-ring (bicyclic) bond motifs is 4. The zero-order valence-corrected chi connectivity index (χ0v) is 20.9. The summed E-state index contributed by atoms with van der Waals surface area (Å²) in [5.41, 5.74) is 6.57. The van der Waals surface area contributed by atoms with E-state index in [1.54, 1.807) is 4.90 Å². The highest BCUT2D eigenvalue weighted by Gasteiger charge is 2.46. The van der Waals surface area contributed by atoms with Crippen molar-refractivity contribution in [3.8, 4) is 5.75 Å². The molecule has 5 heterocycles. The number of ether oxygens (including phenoxy) is 1. The average molecular weight is 499 g/mol. The fourth-order valence-electron chi connectivity index (χ4n) is 6.79. The maximum absolute atomic E-state index is 13.2. The Morgan fingerprint density at radius 3 is 2.78 bits per heavy atom. The van der Waals surface area contributed by atoms with E-state index in [4.69, 9.17) is 4.74 Å². The third-order valence-corrected chi connectivity index (χ3v) is 8.90. The van der Waals surface area contributed by atoms with Gasteiger partial charge in [0.05, 0.1) is 6.61 Å². The van der Waals surface area contributed by atoms with Crippen LogP contribution in [0.2, 0.25) is 0 Å². The Balaban J connectivity index is 1.09. The Labute approximate surface area is 214 Å². The van der Waals surface area contributed by atoms with E-state index in [0.717, 1.165) is 43.8 Å². The number of nitrogens with zero attached hydrogens (tertiary/aromatic N) is 2. The van der Waals surface area contributed by atoms with Gasteiger partial charge in [-0.3, -0.25) is 24.6 Å². The van der Waals surface area contributed by atoms with Gasteiger partial charge in [0.15, 0.2) is 0 Å². The largest absolute Gasteiger partial charge is 0.492 e. The number of aromatic nitrogens is 1. The first kappa shape index (κ1) is 22.5. The molecule has 7 rings (SSSR count). The lowest BCUT2D eigenvalue weighted by Crippen LogP contribution is -2.52. The molecule has 1 aromatic heterocycles. The molecule has 2 fully saturated rings. The van der Waals surface area contributed by atoms with Crippen LogP contribution in [0.15, 0.2) is 36.5 Å². The van der Waals surface area contributed by atoms with Gasteiger partial charge in [-0.05, 0) is 74.2 Å². The second-order valence-electron chi connectivity index (χ2n) is 11.1. The van der Waals surface area contributed by atoms with Crippen LogP contribution in [0.1, 0.15) is 58.3 Å². The molecule has 1 spiro atoms. The molecule has 2 saturated heterocycles. The van der Waals surface area contributed by atoms with Crippen molar-refractivity contribution in [2.24, 2.45) is 0 Å². The third kappa shape index (κ3) is 3.49. The van der Waals surface area contributed by atoms with E-state index in [0.29, 0.717) is 25.1 Å². The Morgan fingerprint density at radius 1 is 1.14 bits per heavy atom. The first-order chi connectivity index (χ1) is 17.9. The quantitative estimate of drug-likeness (QED) is 0.541. The summed E-state index contributed by atoms with van der Waals surface area (Å²) in [6.07, 6.45) is 4.72. The number of piperidine rings is 2. The number of carbonyl (C=O) groups excluding carboxylic acids is 3. The number of aromatic amines is 1. The summed E-state index contributed by atoms with van der Waals surface area (Å²) in [5, 5.41) is 3.71. The van der Waals surface area contributed by atoms with Gasteiger partial charge >= 0.3 is 0 Å². The third-order valence-electron chi connectivity index (χ3n) is 8.90. The molecule has 0 radical (unpaired) electrons. The van der Waals surface area contributed by atoms with Crippen molar-refractivity contribution in [3.63, 3.8) is 0 Å². The van der Waals surface area contributed by atoms with Crippen LogP contribution in [0.25, 0.3) is 10.9 Å². The van der Waals surface area contributed by atoms with Gasteiger partial charge in [0.1, 0.15) is 11.8 Å². The molecule has 2 aromatic carbocycles. The minimum Gasteiger partial charge on any atom is -0.492 e. The van der Waals surface area contributed by atoms with Crippen molar-refractivity contribution in [2.75, 3.05) is 19.7 Å². The van der Waals surface area contributed by atoms with E-state index in [2.05, 4.69) is 52.6 Å². The number of carbonyl (C=O) groups is 3. The highest BCUT2D eigenvalue weighted by molar-refractivity contribution is 6.05. The zero-order valence-electron chi connectivity index (χ0n) is 20.9. The number of amides is 3. The van der Waals surface area contributed by atoms with Crippen LogP contribution in [-0.4, -0.2) is 58.2 Å². The van der Waals surface area contributed by atoms with Crippen molar-refractivity contribution in [3.05, 3.63) is 64.3 Å². The number of likely N-dealkylation sites (tertiary alicyclic amines) is 1. The number of H-pyrrole nitrogens is 1. The van der Waals surface area contributed by atoms with E-state index in [9.17, 15) is 14.4 Å². The van der Waals surface area contributed by atoms with E-state index in [1.807, 2.05) is 6.07 Å². The molecule has 0 saturated carbocycles. The number of benzene rings is 2. The minimum absolute atomic E-state index is 0.0397. The Bertz CT molecular complexity index is 1470. The molecule has 2 N–H and O–H groups in total. The number of rotatable bonds is 3. The SMILES string of the molecule is Cc1c[nH]c2cccc(CN3CCC4(CC3)COc3cc5c(cc34)CN(C3CCC(=O)NC3=O)C5=O)c12. The highest BCUT2D eigenvalue weighted by atomic mass is 16.5. The van der Waals surface area contributed by atoms with Crippen molar-refractivity contribution >= 4 is 28.6 Å². The molecule has 37 heavy (non-hydrogen) atoms. The summed E-state index contributed by atoms with van der Waals surface area (Å²) in [6, 6.07) is 9.93. The second kappa shape index (κ2) is 8.18. The van der Waals surface area contributed by atoms with E-state index in [-0.39, 0.29) is 29.6 Å². The van der Waals surface area contributed by atoms with Gasteiger partial charge < -0.3 is 14.6 Å². The molecular formula is C29H30N4O4. The van der Waals surface area contributed by atoms with Crippen LogP contribution in [0, 0.1) is 6.92 Å². The fourth-order valence-corrected chi connectivity index (χ4v) is 6.79. The van der Waals surface area contributed by atoms with Gasteiger partial charge in [-0.25, -0.2) is 0 Å². The van der Waals surface area contributed by atoms with Crippen LogP contribution in [0.4, 0.5) is 0 Å². The molecule has 190 valence electrons. The van der Waals surface area contributed by atoms with Gasteiger partial charge in [-0.15, -0.1) is 0 Å². The standard InChI is InChI=1S/C29H30N4O4/c1-17-13-30-22-4-2-3-18(26(17)22)14-32-9-7-29(8-10-32)16-37-24-12-20-19(11-21(24)29)15-33(28(20)36)23-5-6-25(34)31-27(23)35/h2-4,11-13,23,30H,5-10,14-16H2,1H3,(H,31,34,35). The van der Waals surface area contributed by atoms with Crippen LogP contribution < -0.4 is 10.1 Å². The van der Waals surface area contributed by atoms with Crippen molar-refractivity contribution in [2.45, 2.75) is 57.2 Å². The molecule has 4 aliphatic rings. The first-order valence-electron chi connectivity index (χ1n) is 13.1. The molecule has 0 bridgehead atoms. The summed E-state index contributed by atoms with van der Waals surface area (Å²) >= 11 is 0. The average Bonchev–Trinajstić information content (AvgIpc) is 3.54. The first-order valence-corrected chi connectivity index (χ1v) is 13.1. The lowest BCUT2D eigenvalue weighted by Gasteiger charge is -2.38. The summed E-state index contributed by atoms with van der Waals surface area (Å²) in [6.45, 7) is 6.11. The van der Waals surface area contributed by atoms with Crippen LogP contribution in [0.5, 0.6) is 5.75 Å². The van der Waals surface area contributed by atoms with Gasteiger partial charge in [-0.2, -0.15) is 0 Å². The van der Waals surface area contributed by atoms with Crippen molar-refractivity contribution in [1.82, 2.24) is 20.1 Å². The smallest absolute Gasteiger partial charge is 0.255 e. The number of aryl methyl sites for hydroxylation is 1. The van der Waals surface area contributed by atoms with Crippen LogP contribution in [0.3, 0.4) is 0 Å². The van der Waals surface area contributed by atoms with Gasteiger partial charge in [0, 0.05) is 53.2 Å². The molecule has 8 nitrogen and oxygen atoms in total. The lowest BCUT2D eigenvalue weighted by atomic mass is 9.73. The van der Waals surface area contributed by atoms with Crippen molar-refractivity contribution in [1.29, 1.82) is 0 Å². The summed E-state index contributed by atoms with van der Waals surface area (Å²) in [7, 11) is 0. The highest BCUT2D eigenvalue weighted by Crippen LogP contribution is 2.48. The zero-order chi connectivity index (χ0) is 25.3. The van der Waals surface area contributed by atoms with Crippen molar-refractivity contribution < 1.29 is 19.1 Å².